The summed E-state index contributed by atoms with van der Waals surface area (Å²) in [4.78, 5) is 19.8. The number of aromatic nitrogens is 1. The summed E-state index contributed by atoms with van der Waals surface area (Å²) in [7, 11) is 1.67. The second kappa shape index (κ2) is 8.80. The van der Waals surface area contributed by atoms with Crippen LogP contribution in [0.25, 0.3) is 0 Å². The fourth-order valence-electron chi connectivity index (χ4n) is 4.68. The van der Waals surface area contributed by atoms with E-state index in [0.717, 1.165) is 48.5 Å². The minimum atomic E-state index is -0.811. The van der Waals surface area contributed by atoms with Crippen molar-refractivity contribution in [2.45, 2.75) is 37.6 Å². The molecule has 0 saturated heterocycles. The zero-order chi connectivity index (χ0) is 21.8. The van der Waals surface area contributed by atoms with Crippen LogP contribution in [-0.2, 0) is 23.1 Å². The third-order valence-corrected chi connectivity index (χ3v) is 6.56. The number of carbonyl (C=O) groups is 1. The molecule has 0 spiro atoms. The molecule has 2 atom stereocenters. The summed E-state index contributed by atoms with van der Waals surface area (Å²) in [5.74, 6) is 0.546. The number of amides is 1. The minimum Gasteiger partial charge on any atom is -0.497 e. The molecule has 1 aromatic heterocycles. The van der Waals surface area contributed by atoms with Crippen LogP contribution in [0.5, 0.6) is 5.75 Å². The van der Waals surface area contributed by atoms with Gasteiger partial charge in [-0.3, -0.25) is 9.78 Å². The Morgan fingerprint density at radius 2 is 1.87 bits per heavy atom. The molecule has 2 heterocycles. The first-order valence-corrected chi connectivity index (χ1v) is 10.7. The van der Waals surface area contributed by atoms with Gasteiger partial charge in [-0.1, -0.05) is 42.5 Å². The molecule has 2 unspecified atom stereocenters. The van der Waals surface area contributed by atoms with Crippen molar-refractivity contribution >= 4 is 11.6 Å². The Bertz CT molecular complexity index is 1040. The number of hydrogen-bond donors (Lipinski definition) is 1. The van der Waals surface area contributed by atoms with Crippen LogP contribution in [0.2, 0.25) is 0 Å². The quantitative estimate of drug-likeness (QED) is 0.636. The molecule has 1 aliphatic heterocycles. The monoisotopic (exact) mass is 415 g/mol. The molecule has 5 nitrogen and oxygen atoms in total. The standard InChI is InChI=1S/C26H29N3O2/c1-26(25(27)30,20-7-4-3-5-8-20)24-15-14-22-23(9-6-17-28-22)29(24)18-16-19-10-12-21(31-2)13-11-19/h3-13,17,24H,14-16,18H2,1-2H3,(H2,27,30). The molecule has 0 bridgehead atoms. The lowest BCUT2D eigenvalue weighted by atomic mass is 9.71. The number of aryl methyl sites for hydroxylation is 1. The highest BCUT2D eigenvalue weighted by molar-refractivity contribution is 5.88. The zero-order valence-corrected chi connectivity index (χ0v) is 18.1. The van der Waals surface area contributed by atoms with Crippen molar-refractivity contribution in [1.82, 2.24) is 4.98 Å². The van der Waals surface area contributed by atoms with Gasteiger partial charge in [0.1, 0.15) is 5.75 Å². The number of anilines is 1. The summed E-state index contributed by atoms with van der Waals surface area (Å²) in [6.45, 7) is 2.75. The van der Waals surface area contributed by atoms with Gasteiger partial charge in [0, 0.05) is 18.8 Å². The first kappa shape index (κ1) is 20.9. The Balaban J connectivity index is 1.70. The van der Waals surface area contributed by atoms with Crippen LogP contribution >= 0.6 is 0 Å². The number of fused-ring (bicyclic) bond motifs is 1. The summed E-state index contributed by atoms with van der Waals surface area (Å²) in [5.41, 5.74) is 9.59. The van der Waals surface area contributed by atoms with Crippen LogP contribution in [0.4, 0.5) is 5.69 Å². The molecule has 5 heteroatoms. The number of carbonyl (C=O) groups excluding carboxylic acids is 1. The average Bonchev–Trinajstić information content (AvgIpc) is 2.82. The van der Waals surface area contributed by atoms with Crippen LogP contribution in [0.3, 0.4) is 0 Å². The molecule has 4 rings (SSSR count). The summed E-state index contributed by atoms with van der Waals surface area (Å²) in [6.07, 6.45) is 4.33. The molecular formula is C26H29N3O2. The van der Waals surface area contributed by atoms with Crippen molar-refractivity contribution in [1.29, 1.82) is 0 Å². The van der Waals surface area contributed by atoms with Gasteiger partial charge in [0.05, 0.1) is 23.9 Å². The van der Waals surface area contributed by atoms with E-state index in [-0.39, 0.29) is 11.9 Å². The van der Waals surface area contributed by atoms with Crippen molar-refractivity contribution < 1.29 is 9.53 Å². The maximum atomic E-state index is 12.9. The number of rotatable bonds is 7. The fourth-order valence-corrected chi connectivity index (χ4v) is 4.68. The molecule has 1 aliphatic rings. The lowest BCUT2D eigenvalue weighted by Crippen LogP contribution is -2.58. The van der Waals surface area contributed by atoms with Crippen LogP contribution in [0, 0.1) is 0 Å². The highest BCUT2D eigenvalue weighted by Gasteiger charge is 2.46. The van der Waals surface area contributed by atoms with Gasteiger partial charge in [-0.25, -0.2) is 0 Å². The lowest BCUT2D eigenvalue weighted by molar-refractivity contribution is -0.123. The molecule has 31 heavy (non-hydrogen) atoms. The van der Waals surface area contributed by atoms with Gasteiger partial charge in [-0.15, -0.1) is 0 Å². The van der Waals surface area contributed by atoms with E-state index >= 15 is 0 Å². The van der Waals surface area contributed by atoms with Crippen LogP contribution in [-0.4, -0.2) is 30.6 Å². The molecule has 0 aliphatic carbocycles. The maximum Gasteiger partial charge on any atom is 0.229 e. The van der Waals surface area contributed by atoms with Gasteiger partial charge in [0.15, 0.2) is 0 Å². The van der Waals surface area contributed by atoms with Gasteiger partial charge in [0.2, 0.25) is 5.91 Å². The third-order valence-electron chi connectivity index (χ3n) is 6.56. The third kappa shape index (κ3) is 4.00. The Labute approximate surface area is 183 Å². The van der Waals surface area contributed by atoms with E-state index in [1.165, 1.54) is 5.56 Å². The van der Waals surface area contributed by atoms with Gasteiger partial charge in [-0.05, 0) is 61.6 Å². The molecule has 0 saturated carbocycles. The van der Waals surface area contributed by atoms with Gasteiger partial charge in [-0.2, -0.15) is 0 Å². The second-order valence-corrected chi connectivity index (χ2v) is 8.25. The SMILES string of the molecule is COc1ccc(CCN2c3cccnc3CCC2C(C)(C(N)=O)c2ccccc2)cc1. The Hall–Kier alpha value is -3.34. The van der Waals surface area contributed by atoms with Crippen molar-refractivity contribution in [3.05, 3.63) is 89.7 Å². The van der Waals surface area contributed by atoms with Crippen molar-refractivity contribution in [3.8, 4) is 5.75 Å². The fraction of sp³-hybridized carbons (Fsp3) is 0.308. The van der Waals surface area contributed by atoms with E-state index in [0.29, 0.717) is 0 Å². The number of methoxy groups -OCH3 is 1. The zero-order valence-electron chi connectivity index (χ0n) is 18.1. The lowest BCUT2D eigenvalue weighted by Gasteiger charge is -2.47. The summed E-state index contributed by atoms with van der Waals surface area (Å²) < 4.78 is 5.28. The number of primary amides is 1. The smallest absolute Gasteiger partial charge is 0.229 e. The molecule has 3 aromatic rings. The number of hydrogen-bond acceptors (Lipinski definition) is 4. The predicted octanol–water partition coefficient (Wildman–Crippen LogP) is 3.90. The topological polar surface area (TPSA) is 68.4 Å². The first-order valence-electron chi connectivity index (χ1n) is 10.7. The Morgan fingerprint density at radius 1 is 1.13 bits per heavy atom. The summed E-state index contributed by atoms with van der Waals surface area (Å²) >= 11 is 0. The second-order valence-electron chi connectivity index (χ2n) is 8.25. The molecule has 160 valence electrons. The Morgan fingerprint density at radius 3 is 2.55 bits per heavy atom. The van der Waals surface area contributed by atoms with E-state index in [4.69, 9.17) is 10.5 Å². The first-order chi connectivity index (χ1) is 15.0. The van der Waals surface area contributed by atoms with Gasteiger partial charge >= 0.3 is 0 Å². The molecule has 1 amide bonds. The maximum absolute atomic E-state index is 12.9. The largest absolute Gasteiger partial charge is 0.497 e. The highest BCUT2D eigenvalue weighted by atomic mass is 16.5. The van der Waals surface area contributed by atoms with E-state index in [1.807, 2.05) is 61.7 Å². The van der Waals surface area contributed by atoms with Crippen molar-refractivity contribution in [3.63, 3.8) is 0 Å². The van der Waals surface area contributed by atoms with Crippen molar-refractivity contribution in [2.24, 2.45) is 5.73 Å². The van der Waals surface area contributed by atoms with E-state index in [9.17, 15) is 4.79 Å². The molecule has 0 radical (unpaired) electrons. The van der Waals surface area contributed by atoms with Gasteiger partial charge in [0.25, 0.3) is 0 Å². The van der Waals surface area contributed by atoms with Crippen LogP contribution < -0.4 is 15.4 Å². The van der Waals surface area contributed by atoms with E-state index < -0.39 is 5.41 Å². The number of pyridine rings is 1. The molecule has 0 fully saturated rings. The van der Waals surface area contributed by atoms with E-state index in [2.05, 4.69) is 28.1 Å². The highest BCUT2D eigenvalue weighted by Crippen LogP contribution is 2.40. The minimum absolute atomic E-state index is 0.0534. The predicted molar refractivity (Wildman–Crippen MR) is 123 cm³/mol. The molecule has 2 N–H and O–H groups in total. The summed E-state index contributed by atoms with van der Waals surface area (Å²) in [6, 6.07) is 22.1. The number of benzene rings is 2. The van der Waals surface area contributed by atoms with Crippen LogP contribution in [0.1, 0.15) is 30.2 Å². The average molecular weight is 416 g/mol. The van der Waals surface area contributed by atoms with Crippen LogP contribution in [0.15, 0.2) is 72.9 Å². The number of nitrogens with two attached hydrogens (primary N) is 1. The molecular weight excluding hydrogens is 386 g/mol. The van der Waals surface area contributed by atoms with Crippen molar-refractivity contribution in [2.75, 3.05) is 18.6 Å². The normalized spacial score (nSPS) is 17.5. The number of nitrogens with zero attached hydrogens (tertiary/aromatic N) is 2. The Kier molecular flexibility index (Phi) is 5.94. The summed E-state index contributed by atoms with van der Waals surface area (Å²) in [5, 5.41) is 0. The number of ether oxygens (including phenoxy) is 1. The molecule has 2 aromatic carbocycles. The van der Waals surface area contributed by atoms with Gasteiger partial charge < -0.3 is 15.4 Å². The van der Waals surface area contributed by atoms with E-state index in [1.54, 1.807) is 7.11 Å².